The van der Waals surface area contributed by atoms with Crippen LogP contribution in [0.3, 0.4) is 0 Å². The number of benzene rings is 2. The zero-order chi connectivity index (χ0) is 21.6. The predicted octanol–water partition coefficient (Wildman–Crippen LogP) is 2.95. The largest absolute Gasteiger partial charge is 0.490 e. The summed E-state index contributed by atoms with van der Waals surface area (Å²) in [6.45, 7) is 5.30. The summed E-state index contributed by atoms with van der Waals surface area (Å²) in [5.41, 5.74) is 0.191. The van der Waals surface area contributed by atoms with E-state index in [1.807, 2.05) is 0 Å². The van der Waals surface area contributed by atoms with Gasteiger partial charge in [0, 0.05) is 17.8 Å². The Kier molecular flexibility index (Phi) is 6.94. The first-order valence-electron chi connectivity index (χ1n) is 8.52. The normalized spacial score (nSPS) is 11.9. The average molecular weight is 419 g/mol. The molecule has 2 aromatic rings. The topological polar surface area (TPSA) is 119 Å². The van der Waals surface area contributed by atoms with E-state index in [4.69, 9.17) is 4.74 Å². The third-order valence-corrected chi connectivity index (χ3v) is 5.11. The maximum atomic E-state index is 12.7. The molecule has 0 saturated heterocycles. The minimum Gasteiger partial charge on any atom is -0.490 e. The molecule has 9 nitrogen and oxygen atoms in total. The molecule has 0 aliphatic carbocycles. The summed E-state index contributed by atoms with van der Waals surface area (Å²) in [5, 5.41) is 13.6. The van der Waals surface area contributed by atoms with Gasteiger partial charge >= 0.3 is 0 Å². The Morgan fingerprint density at radius 1 is 1.31 bits per heavy atom. The van der Waals surface area contributed by atoms with Crippen molar-refractivity contribution in [2.24, 2.45) is 0 Å². The van der Waals surface area contributed by atoms with Crippen molar-refractivity contribution in [3.8, 4) is 5.75 Å². The van der Waals surface area contributed by atoms with Gasteiger partial charge in [-0.2, -0.15) is 0 Å². The molecule has 0 unspecified atom stereocenters. The number of nitro benzene ring substituents is 1. The Bertz CT molecular complexity index is 1000. The summed E-state index contributed by atoms with van der Waals surface area (Å²) in [6.07, 6.45) is 2.53. The van der Waals surface area contributed by atoms with Crippen LogP contribution in [0.1, 0.15) is 6.92 Å². The number of hydrogen-bond acceptors (Lipinski definition) is 6. The smallest absolute Gasteiger partial charge is 0.271 e. The van der Waals surface area contributed by atoms with Gasteiger partial charge in [0.15, 0.2) is 0 Å². The van der Waals surface area contributed by atoms with Crippen LogP contribution in [0.2, 0.25) is 0 Å². The average Bonchev–Trinajstić information content (AvgIpc) is 2.66. The van der Waals surface area contributed by atoms with E-state index < -0.39 is 26.9 Å². The molecule has 1 atom stereocenters. The standard InChI is InChI=1S/C19H21N3O6S/c1-4-12-28-18-10-8-15(9-11-18)20-19(23)14(2)21(29(3,26)27)16-6-5-7-17(13-16)22(24)25/h4-11,13-14H,1,12H2,2-3H3,(H,20,23)/t14-/m0/s1. The number of amides is 1. The van der Waals surface area contributed by atoms with E-state index in [9.17, 15) is 23.3 Å². The minimum atomic E-state index is -3.89. The Balaban J connectivity index is 2.24. The Morgan fingerprint density at radius 2 is 1.97 bits per heavy atom. The molecule has 0 fully saturated rings. The van der Waals surface area contributed by atoms with Crippen molar-refractivity contribution in [3.05, 3.63) is 71.3 Å². The molecule has 0 spiro atoms. The molecule has 0 radical (unpaired) electrons. The van der Waals surface area contributed by atoms with Gasteiger partial charge < -0.3 is 10.1 Å². The van der Waals surface area contributed by atoms with Crippen molar-refractivity contribution in [2.75, 3.05) is 22.5 Å². The summed E-state index contributed by atoms with van der Waals surface area (Å²) in [5.74, 6) is -0.00741. The molecule has 0 heterocycles. The highest BCUT2D eigenvalue weighted by Crippen LogP contribution is 2.26. The van der Waals surface area contributed by atoms with E-state index >= 15 is 0 Å². The Labute approximate surface area is 168 Å². The number of carbonyl (C=O) groups is 1. The van der Waals surface area contributed by atoms with E-state index in [0.717, 1.165) is 16.6 Å². The SMILES string of the molecule is C=CCOc1ccc(NC(=O)[C@H](C)N(c2cccc([N+](=O)[O-])c2)S(C)(=O)=O)cc1. The number of non-ortho nitro benzene ring substituents is 1. The summed E-state index contributed by atoms with van der Waals surface area (Å²) < 4.78 is 30.8. The Hall–Kier alpha value is -3.40. The van der Waals surface area contributed by atoms with Gasteiger partial charge in [-0.3, -0.25) is 19.2 Å². The van der Waals surface area contributed by atoms with Crippen molar-refractivity contribution in [1.29, 1.82) is 0 Å². The van der Waals surface area contributed by atoms with Gasteiger partial charge in [0.25, 0.3) is 5.69 Å². The second-order valence-corrected chi connectivity index (χ2v) is 7.98. The summed E-state index contributed by atoms with van der Waals surface area (Å²) in [7, 11) is -3.89. The van der Waals surface area contributed by atoms with E-state index in [1.54, 1.807) is 30.3 Å². The third kappa shape index (κ3) is 5.79. The lowest BCUT2D eigenvalue weighted by molar-refractivity contribution is -0.384. The molecule has 0 saturated carbocycles. The molecular formula is C19H21N3O6S. The number of nitrogens with one attached hydrogen (secondary N) is 1. The first-order valence-corrected chi connectivity index (χ1v) is 10.4. The zero-order valence-electron chi connectivity index (χ0n) is 15.9. The van der Waals surface area contributed by atoms with Gasteiger partial charge in [-0.15, -0.1) is 0 Å². The van der Waals surface area contributed by atoms with Crippen LogP contribution in [0.25, 0.3) is 0 Å². The van der Waals surface area contributed by atoms with Crippen LogP contribution in [0.5, 0.6) is 5.75 Å². The fourth-order valence-electron chi connectivity index (χ4n) is 2.59. The lowest BCUT2D eigenvalue weighted by Gasteiger charge is -2.28. The monoisotopic (exact) mass is 419 g/mol. The maximum absolute atomic E-state index is 12.7. The number of rotatable bonds is 9. The second kappa shape index (κ2) is 9.20. The molecule has 1 amide bonds. The molecule has 0 aromatic heterocycles. The van der Waals surface area contributed by atoms with Crippen LogP contribution in [-0.2, 0) is 14.8 Å². The van der Waals surface area contributed by atoms with Crippen LogP contribution in [-0.4, -0.2) is 38.2 Å². The first kappa shape index (κ1) is 21.9. The van der Waals surface area contributed by atoms with E-state index in [1.165, 1.54) is 25.1 Å². The first-order chi connectivity index (χ1) is 13.6. The number of ether oxygens (including phenoxy) is 1. The molecule has 10 heteroatoms. The highest BCUT2D eigenvalue weighted by Gasteiger charge is 2.30. The molecule has 2 aromatic carbocycles. The van der Waals surface area contributed by atoms with Gasteiger partial charge in [-0.1, -0.05) is 18.7 Å². The van der Waals surface area contributed by atoms with Crippen LogP contribution in [0, 0.1) is 10.1 Å². The third-order valence-electron chi connectivity index (χ3n) is 3.87. The lowest BCUT2D eigenvalue weighted by atomic mass is 10.2. The number of hydrogen-bond donors (Lipinski definition) is 1. The summed E-state index contributed by atoms with van der Waals surface area (Å²) in [6, 6.07) is 10.5. The van der Waals surface area contributed by atoms with Gasteiger partial charge in [0.05, 0.1) is 16.9 Å². The highest BCUT2D eigenvalue weighted by atomic mass is 32.2. The van der Waals surface area contributed by atoms with Gasteiger partial charge in [0.2, 0.25) is 15.9 Å². The van der Waals surface area contributed by atoms with Crippen molar-refractivity contribution in [3.63, 3.8) is 0 Å². The van der Waals surface area contributed by atoms with Crippen molar-refractivity contribution in [1.82, 2.24) is 0 Å². The fourth-order valence-corrected chi connectivity index (χ4v) is 3.76. The van der Waals surface area contributed by atoms with Crippen LogP contribution >= 0.6 is 0 Å². The summed E-state index contributed by atoms with van der Waals surface area (Å²) >= 11 is 0. The van der Waals surface area contributed by atoms with Crippen LogP contribution in [0.4, 0.5) is 17.1 Å². The predicted molar refractivity (Wildman–Crippen MR) is 111 cm³/mol. The quantitative estimate of drug-likeness (QED) is 0.379. The molecule has 0 bridgehead atoms. The molecule has 1 N–H and O–H groups in total. The lowest BCUT2D eigenvalue weighted by Crippen LogP contribution is -2.45. The van der Waals surface area contributed by atoms with E-state index in [2.05, 4.69) is 11.9 Å². The van der Waals surface area contributed by atoms with Crippen molar-refractivity contribution in [2.45, 2.75) is 13.0 Å². The second-order valence-electron chi connectivity index (χ2n) is 6.13. The van der Waals surface area contributed by atoms with Crippen molar-refractivity contribution >= 4 is 33.0 Å². The van der Waals surface area contributed by atoms with Crippen LogP contribution in [0.15, 0.2) is 61.2 Å². The minimum absolute atomic E-state index is 0.0255. The van der Waals surface area contributed by atoms with E-state index in [0.29, 0.717) is 18.0 Å². The van der Waals surface area contributed by atoms with Gasteiger partial charge in [-0.25, -0.2) is 8.42 Å². The number of carbonyl (C=O) groups excluding carboxylic acids is 1. The zero-order valence-corrected chi connectivity index (χ0v) is 16.8. The highest BCUT2D eigenvalue weighted by molar-refractivity contribution is 7.92. The molecule has 0 aliphatic rings. The molecule has 154 valence electrons. The van der Waals surface area contributed by atoms with Crippen molar-refractivity contribution < 1.29 is 22.9 Å². The number of sulfonamides is 1. The van der Waals surface area contributed by atoms with E-state index in [-0.39, 0.29) is 11.4 Å². The summed E-state index contributed by atoms with van der Waals surface area (Å²) in [4.78, 5) is 23.0. The van der Waals surface area contributed by atoms with Gasteiger partial charge in [0.1, 0.15) is 18.4 Å². The molecule has 2 rings (SSSR count). The number of nitro groups is 1. The number of anilines is 2. The maximum Gasteiger partial charge on any atom is 0.271 e. The Morgan fingerprint density at radius 3 is 2.52 bits per heavy atom. The fraction of sp³-hybridized carbons (Fsp3) is 0.211. The molecule has 0 aliphatic heterocycles. The molecule has 29 heavy (non-hydrogen) atoms. The van der Waals surface area contributed by atoms with Gasteiger partial charge in [-0.05, 0) is 37.3 Å². The number of nitrogens with zero attached hydrogens (tertiary/aromatic N) is 2. The molecular weight excluding hydrogens is 398 g/mol. The van der Waals surface area contributed by atoms with Crippen LogP contribution < -0.4 is 14.4 Å².